The molecule has 0 spiro atoms. The first-order chi connectivity index (χ1) is 14.9. The summed E-state index contributed by atoms with van der Waals surface area (Å²) >= 11 is 0. The molecule has 0 atom stereocenters. The molecule has 0 saturated carbocycles. The van der Waals surface area contributed by atoms with Crippen molar-refractivity contribution < 1.29 is 9.35 Å². The van der Waals surface area contributed by atoms with Gasteiger partial charge in [-0.05, 0) is 54.0 Å². The number of hydrogen-bond acceptors (Lipinski definition) is 6. The molecule has 0 radical (unpaired) electrons. The van der Waals surface area contributed by atoms with E-state index in [9.17, 15) is 15.4 Å². The summed E-state index contributed by atoms with van der Waals surface area (Å²) in [4.78, 5) is 15.0. The lowest BCUT2D eigenvalue weighted by molar-refractivity contribution is -0.384. The highest BCUT2D eigenvalue weighted by Crippen LogP contribution is 2.41. The first-order valence-corrected chi connectivity index (χ1v) is 13.1. The predicted octanol–water partition coefficient (Wildman–Crippen LogP) is 6.16. The monoisotopic (exact) mass is 446 g/mol. The minimum Gasteiger partial charge on any atom is -0.543 e. The van der Waals surface area contributed by atoms with Crippen LogP contribution in [0.25, 0.3) is 22.4 Å². The van der Waals surface area contributed by atoms with E-state index in [0.717, 1.165) is 5.56 Å². The number of nitriles is 1. The van der Waals surface area contributed by atoms with Crippen LogP contribution in [0.15, 0.2) is 54.6 Å². The lowest BCUT2D eigenvalue weighted by Gasteiger charge is -2.37. The van der Waals surface area contributed by atoms with Gasteiger partial charge in [0, 0.05) is 23.3 Å². The zero-order valence-corrected chi connectivity index (χ0v) is 19.8. The molecule has 2 aromatic carbocycles. The zero-order chi connectivity index (χ0) is 23.7. The standard InChI is InChI=1S/C24H26N4O3Si/c1-24(2,3)32(4,5)31-22-9-7-6-8-18(22)21-14-19(20(15-25)23(26)27-21)16-10-12-17(13-11-16)28(29)30/h6-14H,1-5H3,(H2,26,27). The van der Waals surface area contributed by atoms with Crippen LogP contribution in [0.1, 0.15) is 26.3 Å². The van der Waals surface area contributed by atoms with Crippen molar-refractivity contribution >= 4 is 19.8 Å². The van der Waals surface area contributed by atoms with Gasteiger partial charge in [-0.25, -0.2) is 4.98 Å². The number of rotatable bonds is 5. The van der Waals surface area contributed by atoms with E-state index in [1.807, 2.05) is 24.3 Å². The third-order valence-electron chi connectivity index (χ3n) is 5.88. The van der Waals surface area contributed by atoms with Crippen molar-refractivity contribution in [2.75, 3.05) is 5.73 Å². The number of aromatic nitrogens is 1. The fourth-order valence-electron chi connectivity index (χ4n) is 3.01. The number of nitro groups is 1. The summed E-state index contributed by atoms with van der Waals surface area (Å²) in [5, 5.41) is 20.7. The summed E-state index contributed by atoms with van der Waals surface area (Å²) in [5.41, 5.74) is 8.91. The average molecular weight is 447 g/mol. The largest absolute Gasteiger partial charge is 0.543 e. The second-order valence-electron chi connectivity index (χ2n) is 9.09. The minimum absolute atomic E-state index is 0.0150. The second kappa shape index (κ2) is 8.44. The molecule has 0 saturated heterocycles. The molecule has 164 valence electrons. The normalized spacial score (nSPS) is 11.6. The van der Waals surface area contributed by atoms with E-state index < -0.39 is 13.2 Å². The number of non-ortho nitro benzene ring substituents is 1. The summed E-state index contributed by atoms with van der Waals surface area (Å²) in [6.07, 6.45) is 0. The summed E-state index contributed by atoms with van der Waals surface area (Å²) in [6, 6.07) is 17.5. The topological polar surface area (TPSA) is 115 Å². The summed E-state index contributed by atoms with van der Waals surface area (Å²) in [5.74, 6) is 0.811. The van der Waals surface area contributed by atoms with Crippen LogP contribution in [-0.2, 0) is 0 Å². The SMILES string of the molecule is CC(C)(C)[Si](C)(C)Oc1ccccc1-c1cc(-c2ccc([N+](=O)[O-])cc2)c(C#N)c(N)n1. The maximum absolute atomic E-state index is 11.0. The highest BCUT2D eigenvalue weighted by Gasteiger charge is 2.39. The number of pyridine rings is 1. The fraction of sp³-hybridized carbons (Fsp3) is 0.250. The molecule has 8 heteroatoms. The van der Waals surface area contributed by atoms with Crippen LogP contribution < -0.4 is 10.2 Å². The van der Waals surface area contributed by atoms with E-state index in [2.05, 4.69) is 44.9 Å². The Labute approximate surface area is 188 Å². The Hall–Kier alpha value is -3.70. The smallest absolute Gasteiger partial charge is 0.269 e. The first kappa shape index (κ1) is 23.0. The number of anilines is 1. The van der Waals surface area contributed by atoms with Gasteiger partial charge in [-0.15, -0.1) is 0 Å². The van der Waals surface area contributed by atoms with Gasteiger partial charge in [-0.1, -0.05) is 32.9 Å². The van der Waals surface area contributed by atoms with Crippen molar-refractivity contribution in [2.45, 2.75) is 38.9 Å². The Kier molecular flexibility index (Phi) is 6.06. The molecule has 0 aliphatic carbocycles. The van der Waals surface area contributed by atoms with Crippen molar-refractivity contribution in [3.05, 3.63) is 70.3 Å². The van der Waals surface area contributed by atoms with E-state index in [1.165, 1.54) is 12.1 Å². The number of nitro benzene ring substituents is 1. The van der Waals surface area contributed by atoms with Crippen molar-refractivity contribution in [1.82, 2.24) is 4.98 Å². The van der Waals surface area contributed by atoms with Crippen LogP contribution in [0, 0.1) is 21.4 Å². The molecule has 0 amide bonds. The van der Waals surface area contributed by atoms with Crippen LogP contribution in [-0.4, -0.2) is 18.2 Å². The number of para-hydroxylation sites is 1. The molecule has 32 heavy (non-hydrogen) atoms. The van der Waals surface area contributed by atoms with Crippen LogP contribution in [0.3, 0.4) is 0 Å². The van der Waals surface area contributed by atoms with Gasteiger partial charge in [0.2, 0.25) is 0 Å². The summed E-state index contributed by atoms with van der Waals surface area (Å²) in [6.45, 7) is 10.9. The van der Waals surface area contributed by atoms with Crippen LogP contribution >= 0.6 is 0 Å². The quantitative estimate of drug-likeness (QED) is 0.285. The van der Waals surface area contributed by atoms with Gasteiger partial charge in [0.15, 0.2) is 0 Å². The molecule has 3 aromatic rings. The Bertz CT molecular complexity index is 1210. The number of nitrogens with two attached hydrogens (primary N) is 1. The number of nitrogen functional groups attached to an aromatic ring is 1. The van der Waals surface area contributed by atoms with Crippen LogP contribution in [0.5, 0.6) is 5.75 Å². The molecular formula is C24H26N4O3Si. The van der Waals surface area contributed by atoms with Gasteiger partial charge in [-0.2, -0.15) is 5.26 Å². The van der Waals surface area contributed by atoms with Crippen LogP contribution in [0.2, 0.25) is 18.1 Å². The third-order valence-corrected chi connectivity index (χ3v) is 10.2. The lowest BCUT2D eigenvalue weighted by atomic mass is 9.98. The maximum atomic E-state index is 11.0. The molecule has 1 aromatic heterocycles. The number of hydrogen-bond donors (Lipinski definition) is 1. The van der Waals surface area contributed by atoms with Crippen LogP contribution in [0.4, 0.5) is 11.5 Å². The van der Waals surface area contributed by atoms with E-state index in [1.54, 1.807) is 18.2 Å². The second-order valence-corrected chi connectivity index (χ2v) is 13.8. The highest BCUT2D eigenvalue weighted by atomic mass is 28.4. The molecule has 0 aliphatic heterocycles. The van der Waals surface area contributed by atoms with Crippen molar-refractivity contribution in [3.63, 3.8) is 0 Å². The van der Waals surface area contributed by atoms with Gasteiger partial charge in [0.05, 0.1) is 10.6 Å². The fourth-order valence-corrected chi connectivity index (χ4v) is 4.04. The predicted molar refractivity (Wildman–Crippen MR) is 129 cm³/mol. The molecular weight excluding hydrogens is 420 g/mol. The van der Waals surface area contributed by atoms with E-state index in [0.29, 0.717) is 22.6 Å². The maximum Gasteiger partial charge on any atom is 0.269 e. The van der Waals surface area contributed by atoms with E-state index in [-0.39, 0.29) is 22.1 Å². The Morgan fingerprint density at radius 3 is 2.28 bits per heavy atom. The van der Waals surface area contributed by atoms with E-state index in [4.69, 9.17) is 10.2 Å². The molecule has 0 bridgehead atoms. The van der Waals surface area contributed by atoms with Crippen molar-refractivity contribution in [3.8, 4) is 34.2 Å². The van der Waals surface area contributed by atoms with Gasteiger partial charge in [0.25, 0.3) is 14.0 Å². The van der Waals surface area contributed by atoms with Gasteiger partial charge in [-0.3, -0.25) is 10.1 Å². The summed E-state index contributed by atoms with van der Waals surface area (Å²) < 4.78 is 6.55. The molecule has 2 N–H and O–H groups in total. The first-order valence-electron chi connectivity index (χ1n) is 10.2. The highest BCUT2D eigenvalue weighted by molar-refractivity contribution is 6.74. The molecule has 1 heterocycles. The lowest BCUT2D eigenvalue weighted by Crippen LogP contribution is -2.44. The molecule has 0 aliphatic rings. The molecule has 7 nitrogen and oxygen atoms in total. The molecule has 0 fully saturated rings. The Morgan fingerprint density at radius 1 is 1.09 bits per heavy atom. The molecule has 3 rings (SSSR count). The number of benzene rings is 2. The Morgan fingerprint density at radius 2 is 1.72 bits per heavy atom. The zero-order valence-electron chi connectivity index (χ0n) is 18.8. The van der Waals surface area contributed by atoms with Gasteiger partial charge in [0.1, 0.15) is 23.2 Å². The van der Waals surface area contributed by atoms with Gasteiger partial charge < -0.3 is 10.2 Å². The third kappa shape index (κ3) is 4.48. The van der Waals surface area contributed by atoms with Gasteiger partial charge >= 0.3 is 0 Å². The van der Waals surface area contributed by atoms with Crippen molar-refractivity contribution in [1.29, 1.82) is 5.26 Å². The Balaban J connectivity index is 2.15. The average Bonchev–Trinajstić information content (AvgIpc) is 2.72. The minimum atomic E-state index is -2.11. The summed E-state index contributed by atoms with van der Waals surface area (Å²) in [7, 11) is -2.11. The number of nitrogens with zero attached hydrogens (tertiary/aromatic N) is 3. The molecule has 0 unspecified atom stereocenters. The van der Waals surface area contributed by atoms with E-state index >= 15 is 0 Å². The van der Waals surface area contributed by atoms with Crippen molar-refractivity contribution in [2.24, 2.45) is 0 Å².